The molecule has 0 radical (unpaired) electrons. The van der Waals surface area contributed by atoms with Gasteiger partial charge in [-0.25, -0.2) is 0 Å². The average molecular weight is 401 g/mol. The van der Waals surface area contributed by atoms with Crippen LogP contribution < -0.4 is 18.9 Å². The van der Waals surface area contributed by atoms with E-state index < -0.39 is 0 Å². The summed E-state index contributed by atoms with van der Waals surface area (Å²) in [5.74, 6) is 3.34. The molecular weight excluding hydrogens is 376 g/mol. The van der Waals surface area contributed by atoms with E-state index in [-0.39, 0.29) is 0 Å². The van der Waals surface area contributed by atoms with Gasteiger partial charge in [-0.3, -0.25) is 0 Å². The largest absolute Gasteiger partial charge is 0.492 e. The molecule has 0 atom stereocenters. The highest BCUT2D eigenvalue weighted by molar-refractivity contribution is 7.08. The molecule has 0 aliphatic rings. The first-order valence-electron chi connectivity index (χ1n) is 7.69. The molecule has 0 saturated carbocycles. The van der Waals surface area contributed by atoms with Crippen LogP contribution in [0.15, 0.2) is 44.4 Å². The molecule has 7 heteroatoms. The van der Waals surface area contributed by atoms with Gasteiger partial charge in [-0.15, -0.1) is 22.7 Å². The third-order valence-corrected chi connectivity index (χ3v) is 4.68. The molecular formula is C18H24O4S3. The number of hydrogen-bond donors (Lipinski definition) is 0. The molecule has 0 aliphatic carbocycles. The van der Waals surface area contributed by atoms with Crippen LogP contribution in [-0.2, 0) is 0 Å². The number of hydrogen-bond acceptors (Lipinski definition) is 7. The Morgan fingerprint density at radius 2 is 1.04 bits per heavy atom. The second-order valence-electron chi connectivity index (χ2n) is 4.27. The summed E-state index contributed by atoms with van der Waals surface area (Å²) in [6, 6.07) is 4.04. The van der Waals surface area contributed by atoms with Gasteiger partial charge in [0.05, 0.1) is 27.4 Å². The van der Waals surface area contributed by atoms with E-state index in [1.165, 1.54) is 0 Å². The Kier molecular flexibility index (Phi) is 11.6. The molecule has 3 aromatic rings. The van der Waals surface area contributed by atoms with Crippen molar-refractivity contribution in [3.63, 3.8) is 0 Å². The van der Waals surface area contributed by atoms with Crippen LogP contribution in [0.3, 0.4) is 0 Å². The Hall–Kier alpha value is -1.70. The predicted molar refractivity (Wildman–Crippen MR) is 108 cm³/mol. The summed E-state index contributed by atoms with van der Waals surface area (Å²) in [6.07, 6.45) is 0. The van der Waals surface area contributed by atoms with Crippen molar-refractivity contribution in [1.82, 2.24) is 0 Å². The molecule has 25 heavy (non-hydrogen) atoms. The molecule has 0 amide bonds. The Balaban J connectivity index is 0.000000200. The van der Waals surface area contributed by atoms with Crippen LogP contribution in [-0.4, -0.2) is 27.4 Å². The molecule has 3 heterocycles. The fourth-order valence-corrected chi connectivity index (χ4v) is 3.47. The van der Waals surface area contributed by atoms with E-state index in [9.17, 15) is 0 Å². The van der Waals surface area contributed by atoms with Crippen molar-refractivity contribution in [1.29, 1.82) is 0 Å². The highest BCUT2D eigenvalue weighted by Crippen LogP contribution is 2.31. The van der Waals surface area contributed by atoms with Gasteiger partial charge in [-0.05, 0) is 24.6 Å². The van der Waals surface area contributed by atoms with Gasteiger partial charge in [0, 0.05) is 21.5 Å². The molecule has 0 fully saturated rings. The van der Waals surface area contributed by atoms with Gasteiger partial charge >= 0.3 is 0 Å². The van der Waals surface area contributed by atoms with E-state index in [2.05, 4.69) is 0 Å². The lowest BCUT2D eigenvalue weighted by Gasteiger charge is -2.04. The SMILES string of the molecule is CCOc1cscc1OCC.COc1cscc1OC.c1ccsc1. The summed E-state index contributed by atoms with van der Waals surface area (Å²) >= 11 is 4.87. The van der Waals surface area contributed by atoms with E-state index in [0.717, 1.165) is 23.0 Å². The predicted octanol–water partition coefficient (Wildman–Crippen LogP) is 6.06. The summed E-state index contributed by atoms with van der Waals surface area (Å²) in [7, 11) is 3.26. The minimum Gasteiger partial charge on any atom is -0.492 e. The maximum absolute atomic E-state index is 5.31. The van der Waals surface area contributed by atoms with Crippen molar-refractivity contribution in [2.24, 2.45) is 0 Å². The minimum atomic E-state index is 0.691. The Bertz CT molecular complexity index is 591. The number of ether oxygens (including phenoxy) is 4. The van der Waals surface area contributed by atoms with E-state index in [1.54, 1.807) is 48.2 Å². The fourth-order valence-electron chi connectivity index (χ4n) is 1.59. The van der Waals surface area contributed by atoms with Gasteiger partial charge in [0.15, 0.2) is 23.0 Å². The quantitative estimate of drug-likeness (QED) is 0.504. The van der Waals surface area contributed by atoms with Crippen LogP contribution in [0.25, 0.3) is 0 Å². The number of thiophene rings is 3. The lowest BCUT2D eigenvalue weighted by atomic mass is 10.5. The zero-order valence-corrected chi connectivity index (χ0v) is 17.3. The van der Waals surface area contributed by atoms with E-state index >= 15 is 0 Å². The van der Waals surface area contributed by atoms with E-state index in [0.29, 0.717) is 13.2 Å². The third-order valence-electron chi connectivity index (χ3n) is 2.65. The first-order chi connectivity index (χ1) is 12.3. The van der Waals surface area contributed by atoms with Gasteiger partial charge in [0.2, 0.25) is 0 Å². The van der Waals surface area contributed by atoms with Crippen LogP contribution in [0.5, 0.6) is 23.0 Å². The van der Waals surface area contributed by atoms with Crippen LogP contribution in [0.1, 0.15) is 13.8 Å². The van der Waals surface area contributed by atoms with Crippen LogP contribution in [0.2, 0.25) is 0 Å². The normalized spacial score (nSPS) is 9.12. The summed E-state index contributed by atoms with van der Waals surface area (Å²) < 4.78 is 20.6. The smallest absolute Gasteiger partial charge is 0.171 e. The summed E-state index contributed by atoms with van der Waals surface area (Å²) in [5.41, 5.74) is 0. The van der Waals surface area contributed by atoms with Gasteiger partial charge in [0.25, 0.3) is 0 Å². The molecule has 4 nitrogen and oxygen atoms in total. The second kappa shape index (κ2) is 13.6. The molecule has 0 unspecified atom stereocenters. The molecule has 0 spiro atoms. The monoisotopic (exact) mass is 400 g/mol. The number of rotatable bonds is 6. The van der Waals surface area contributed by atoms with E-state index in [4.69, 9.17) is 18.9 Å². The first kappa shape index (κ1) is 21.3. The zero-order valence-electron chi connectivity index (χ0n) is 14.9. The lowest BCUT2D eigenvalue weighted by Crippen LogP contribution is -1.95. The maximum atomic E-state index is 5.31. The summed E-state index contributed by atoms with van der Waals surface area (Å²) in [4.78, 5) is 0. The van der Waals surface area contributed by atoms with Gasteiger partial charge in [-0.2, -0.15) is 11.3 Å². The van der Waals surface area contributed by atoms with Crippen molar-refractivity contribution in [3.05, 3.63) is 44.4 Å². The van der Waals surface area contributed by atoms with Crippen molar-refractivity contribution in [3.8, 4) is 23.0 Å². The molecule has 0 N–H and O–H groups in total. The third kappa shape index (κ3) is 8.29. The van der Waals surface area contributed by atoms with Crippen molar-refractivity contribution >= 4 is 34.0 Å². The van der Waals surface area contributed by atoms with E-state index in [1.807, 2.05) is 58.3 Å². The van der Waals surface area contributed by atoms with Crippen molar-refractivity contribution in [2.75, 3.05) is 27.4 Å². The molecule has 0 saturated heterocycles. The summed E-state index contributed by atoms with van der Waals surface area (Å²) in [6.45, 7) is 5.31. The molecule has 3 rings (SSSR count). The second-order valence-corrected chi connectivity index (χ2v) is 6.57. The lowest BCUT2D eigenvalue weighted by molar-refractivity contribution is 0.290. The van der Waals surface area contributed by atoms with Gasteiger partial charge < -0.3 is 18.9 Å². The van der Waals surface area contributed by atoms with Crippen molar-refractivity contribution in [2.45, 2.75) is 13.8 Å². The molecule has 0 aliphatic heterocycles. The zero-order chi connectivity index (χ0) is 18.3. The minimum absolute atomic E-state index is 0.691. The molecule has 0 bridgehead atoms. The van der Waals surface area contributed by atoms with Crippen LogP contribution >= 0.6 is 34.0 Å². The highest BCUT2D eigenvalue weighted by Gasteiger charge is 2.03. The Labute approximate surface area is 161 Å². The van der Waals surface area contributed by atoms with Gasteiger partial charge in [0.1, 0.15) is 0 Å². The maximum Gasteiger partial charge on any atom is 0.171 e. The highest BCUT2D eigenvalue weighted by atomic mass is 32.1. The standard InChI is InChI=1S/C8H12O2S.C6H8O2S.C4H4S/c1-3-9-7-5-11-6-8(7)10-4-2;1-7-5-3-9-4-6(5)8-2;1-2-4-5-3-1/h5-6H,3-4H2,1-2H3;3-4H,1-2H3;1-4H. The topological polar surface area (TPSA) is 36.9 Å². The Morgan fingerprint density at radius 1 is 0.640 bits per heavy atom. The van der Waals surface area contributed by atoms with Crippen LogP contribution in [0.4, 0.5) is 0 Å². The average Bonchev–Trinajstić information content (AvgIpc) is 3.40. The summed E-state index contributed by atoms with van der Waals surface area (Å²) in [5, 5.41) is 11.8. The number of methoxy groups -OCH3 is 2. The van der Waals surface area contributed by atoms with Gasteiger partial charge in [-0.1, -0.05) is 12.1 Å². The molecule has 3 aromatic heterocycles. The fraction of sp³-hybridized carbons (Fsp3) is 0.333. The molecule has 0 aromatic carbocycles. The Morgan fingerprint density at radius 3 is 1.32 bits per heavy atom. The first-order valence-corrected chi connectivity index (χ1v) is 10.5. The van der Waals surface area contributed by atoms with Crippen molar-refractivity contribution < 1.29 is 18.9 Å². The van der Waals surface area contributed by atoms with Crippen LogP contribution in [0, 0.1) is 0 Å². The molecule has 138 valence electrons.